The van der Waals surface area contributed by atoms with E-state index in [2.05, 4.69) is 30.1 Å². The maximum Gasteiger partial charge on any atom is 0.354 e. The average Bonchev–Trinajstić information content (AvgIpc) is 2.61. The molecule has 0 atom stereocenters. The van der Waals surface area contributed by atoms with E-state index in [-0.39, 0.29) is 5.70 Å². The minimum absolute atomic E-state index is 0.0299. The molecule has 136 valence electrons. The van der Waals surface area contributed by atoms with Crippen LogP contribution in [0.25, 0.3) is 0 Å². The molecular weight excluding hydrogens is 336 g/mol. The maximum atomic E-state index is 11.8. The fourth-order valence-electron chi connectivity index (χ4n) is 2.14. The molecule has 0 fully saturated rings. The molecule has 0 spiro atoms. The van der Waals surface area contributed by atoms with Gasteiger partial charge < -0.3 is 20.1 Å². The molecular formula is C18H20N4O4. The number of ether oxygens (including phenoxy) is 2. The fourth-order valence-corrected chi connectivity index (χ4v) is 2.14. The summed E-state index contributed by atoms with van der Waals surface area (Å²) in [6, 6.07) is 8.94. The lowest BCUT2D eigenvalue weighted by atomic mass is 10.2. The molecule has 0 unspecified atom stereocenters. The van der Waals surface area contributed by atoms with Gasteiger partial charge >= 0.3 is 11.9 Å². The van der Waals surface area contributed by atoms with Gasteiger partial charge in [-0.3, -0.25) is 0 Å². The van der Waals surface area contributed by atoms with Crippen molar-refractivity contribution in [1.29, 1.82) is 0 Å². The van der Waals surface area contributed by atoms with Crippen molar-refractivity contribution in [3.63, 3.8) is 0 Å². The first-order chi connectivity index (χ1) is 12.4. The van der Waals surface area contributed by atoms with Crippen molar-refractivity contribution in [2.75, 3.05) is 24.9 Å². The molecule has 26 heavy (non-hydrogen) atoms. The van der Waals surface area contributed by atoms with Crippen LogP contribution >= 0.6 is 0 Å². The first-order valence-electron chi connectivity index (χ1n) is 7.75. The smallest absolute Gasteiger partial charge is 0.354 e. The lowest BCUT2D eigenvalue weighted by Crippen LogP contribution is -2.15. The summed E-state index contributed by atoms with van der Waals surface area (Å²) in [5, 5.41) is 5.94. The Hall–Kier alpha value is -3.42. The molecule has 2 aromatic rings. The van der Waals surface area contributed by atoms with Gasteiger partial charge in [0.15, 0.2) is 0 Å². The van der Waals surface area contributed by atoms with Gasteiger partial charge in [-0.2, -0.15) is 0 Å². The normalized spacial score (nSPS) is 10.8. The van der Waals surface area contributed by atoms with Gasteiger partial charge in [0.1, 0.15) is 5.70 Å². The number of carbonyl (C=O) groups excluding carboxylic acids is 2. The molecule has 8 heteroatoms. The van der Waals surface area contributed by atoms with E-state index in [4.69, 9.17) is 0 Å². The van der Waals surface area contributed by atoms with Crippen LogP contribution in [0.15, 0.2) is 42.1 Å². The van der Waals surface area contributed by atoms with Crippen molar-refractivity contribution in [2.45, 2.75) is 13.8 Å². The van der Waals surface area contributed by atoms with Crippen LogP contribution in [0.2, 0.25) is 0 Å². The molecule has 2 rings (SSSR count). The predicted molar refractivity (Wildman–Crippen MR) is 97.0 cm³/mol. The van der Waals surface area contributed by atoms with Crippen LogP contribution in [0, 0.1) is 13.8 Å². The number of aryl methyl sites for hydroxylation is 2. The molecule has 0 aliphatic heterocycles. The zero-order valence-corrected chi connectivity index (χ0v) is 15.0. The molecule has 1 heterocycles. The molecule has 0 saturated carbocycles. The van der Waals surface area contributed by atoms with Crippen LogP contribution in [0.4, 0.5) is 17.3 Å². The number of rotatable bonds is 6. The quantitative estimate of drug-likeness (QED) is 0.601. The second-order valence-corrected chi connectivity index (χ2v) is 5.37. The van der Waals surface area contributed by atoms with Gasteiger partial charge in [-0.05, 0) is 44.2 Å². The first-order valence-corrected chi connectivity index (χ1v) is 7.75. The summed E-state index contributed by atoms with van der Waals surface area (Å²) >= 11 is 0. The average molecular weight is 356 g/mol. The predicted octanol–water partition coefficient (Wildman–Crippen LogP) is 2.48. The highest BCUT2D eigenvalue weighted by molar-refractivity contribution is 5.98. The monoisotopic (exact) mass is 356 g/mol. The highest BCUT2D eigenvalue weighted by atomic mass is 16.5. The van der Waals surface area contributed by atoms with Gasteiger partial charge in [-0.15, -0.1) is 0 Å². The van der Waals surface area contributed by atoms with Crippen LogP contribution in [-0.4, -0.2) is 36.1 Å². The molecule has 0 saturated heterocycles. The zero-order valence-electron chi connectivity index (χ0n) is 15.0. The zero-order chi connectivity index (χ0) is 19.1. The summed E-state index contributed by atoms with van der Waals surface area (Å²) in [4.78, 5) is 31.8. The number of hydrogen-bond donors (Lipinski definition) is 2. The molecule has 8 nitrogen and oxygen atoms in total. The molecule has 2 N–H and O–H groups in total. The standard InChI is InChI=1S/C18H20N4O4/c1-11-9-12(2)20-18(19-11)22-14-7-5-13(6-8-14)21-15(17(24)26-4)10-16(23)25-3/h5-10,21H,1-4H3,(H,19,20,22)/b15-10+. The van der Waals surface area contributed by atoms with Crippen LogP contribution in [-0.2, 0) is 19.1 Å². The van der Waals surface area contributed by atoms with Gasteiger partial charge in [0.2, 0.25) is 5.95 Å². The summed E-state index contributed by atoms with van der Waals surface area (Å²) in [6.07, 6.45) is 1.03. The molecule has 0 aliphatic rings. The van der Waals surface area contributed by atoms with Crippen LogP contribution in [0.5, 0.6) is 0 Å². The lowest BCUT2D eigenvalue weighted by molar-refractivity contribution is -0.138. The topological polar surface area (TPSA) is 102 Å². The third-order valence-electron chi connectivity index (χ3n) is 3.27. The molecule has 1 aromatic heterocycles. The van der Waals surface area contributed by atoms with E-state index < -0.39 is 11.9 Å². The minimum atomic E-state index is -0.679. The summed E-state index contributed by atoms with van der Waals surface area (Å²) in [5.74, 6) is -0.839. The summed E-state index contributed by atoms with van der Waals surface area (Å²) in [6.45, 7) is 3.80. The van der Waals surface area contributed by atoms with E-state index in [1.165, 1.54) is 14.2 Å². The highest BCUT2D eigenvalue weighted by Crippen LogP contribution is 2.18. The third-order valence-corrected chi connectivity index (χ3v) is 3.27. The van der Waals surface area contributed by atoms with Crippen LogP contribution in [0.3, 0.4) is 0 Å². The van der Waals surface area contributed by atoms with Crippen molar-refractivity contribution in [1.82, 2.24) is 9.97 Å². The Kier molecular flexibility index (Phi) is 6.26. The SMILES string of the molecule is COC(=O)/C=C(/Nc1ccc(Nc2nc(C)cc(C)n2)cc1)C(=O)OC. The molecule has 0 amide bonds. The molecule has 0 aliphatic carbocycles. The second kappa shape index (κ2) is 8.61. The van der Waals surface area contributed by atoms with Gasteiger partial charge in [0.25, 0.3) is 0 Å². The number of benzene rings is 1. The van der Waals surface area contributed by atoms with E-state index in [0.29, 0.717) is 11.6 Å². The fraction of sp³-hybridized carbons (Fsp3) is 0.222. The van der Waals surface area contributed by atoms with Crippen LogP contribution in [0.1, 0.15) is 11.4 Å². The van der Waals surface area contributed by atoms with Gasteiger partial charge in [0, 0.05) is 22.8 Å². The number of esters is 2. The Bertz CT molecular complexity index is 811. The Balaban J connectivity index is 2.13. The van der Waals surface area contributed by atoms with Gasteiger partial charge in [-0.1, -0.05) is 0 Å². The highest BCUT2D eigenvalue weighted by Gasteiger charge is 2.12. The summed E-state index contributed by atoms with van der Waals surface area (Å²) in [7, 11) is 2.45. The first kappa shape index (κ1) is 18.9. The number of nitrogens with one attached hydrogen (secondary N) is 2. The molecule has 1 aromatic carbocycles. The number of nitrogens with zero attached hydrogens (tertiary/aromatic N) is 2. The van der Waals surface area contributed by atoms with Crippen molar-refractivity contribution in [2.24, 2.45) is 0 Å². The van der Waals surface area contributed by atoms with Gasteiger partial charge in [0.05, 0.1) is 20.3 Å². The van der Waals surface area contributed by atoms with Crippen molar-refractivity contribution < 1.29 is 19.1 Å². The third kappa shape index (κ3) is 5.30. The lowest BCUT2D eigenvalue weighted by Gasteiger charge is -2.10. The van der Waals surface area contributed by atoms with E-state index in [1.54, 1.807) is 24.3 Å². The number of anilines is 3. The summed E-state index contributed by atoms with van der Waals surface area (Å²) in [5.41, 5.74) is 3.08. The summed E-state index contributed by atoms with van der Waals surface area (Å²) < 4.78 is 9.18. The van der Waals surface area contributed by atoms with Crippen molar-refractivity contribution in [3.8, 4) is 0 Å². The van der Waals surface area contributed by atoms with E-state index >= 15 is 0 Å². The van der Waals surface area contributed by atoms with Crippen LogP contribution < -0.4 is 10.6 Å². The Morgan fingerprint density at radius 2 is 1.54 bits per heavy atom. The second-order valence-electron chi connectivity index (χ2n) is 5.37. The maximum absolute atomic E-state index is 11.8. The van der Waals surface area contributed by atoms with E-state index in [9.17, 15) is 9.59 Å². The van der Waals surface area contributed by atoms with E-state index in [1.807, 2.05) is 19.9 Å². The van der Waals surface area contributed by atoms with Gasteiger partial charge in [-0.25, -0.2) is 19.6 Å². The minimum Gasteiger partial charge on any atom is -0.466 e. The Morgan fingerprint density at radius 3 is 2.08 bits per heavy atom. The number of hydrogen-bond acceptors (Lipinski definition) is 8. The number of methoxy groups -OCH3 is 2. The number of aromatic nitrogens is 2. The number of carbonyl (C=O) groups is 2. The van der Waals surface area contributed by atoms with Crippen molar-refractivity contribution >= 4 is 29.3 Å². The molecule has 0 bridgehead atoms. The van der Waals surface area contributed by atoms with Crippen molar-refractivity contribution in [3.05, 3.63) is 53.5 Å². The molecule has 0 radical (unpaired) electrons. The Labute approximate surface area is 151 Å². The van der Waals surface area contributed by atoms with E-state index in [0.717, 1.165) is 23.2 Å². The Morgan fingerprint density at radius 1 is 0.962 bits per heavy atom. The largest absolute Gasteiger partial charge is 0.466 e.